The van der Waals surface area contributed by atoms with E-state index in [1.807, 2.05) is 6.07 Å². The van der Waals surface area contributed by atoms with E-state index in [4.69, 9.17) is 27.9 Å². The molecule has 0 bridgehead atoms. The molecular weight excluding hydrogens is 249 g/mol. The first-order chi connectivity index (χ1) is 7.54. The fourth-order valence-corrected chi connectivity index (χ4v) is 1.60. The van der Waals surface area contributed by atoms with Crippen molar-refractivity contribution >= 4 is 28.6 Å². The number of rotatable bonds is 4. The summed E-state index contributed by atoms with van der Waals surface area (Å²) in [4.78, 5) is 12.3. The van der Waals surface area contributed by atoms with Crippen molar-refractivity contribution < 1.29 is 9.53 Å². The Morgan fingerprint density at radius 1 is 1.50 bits per heavy atom. The number of halogens is 2. The minimum atomic E-state index is -0.471. The zero-order valence-corrected chi connectivity index (χ0v) is 10.7. The predicted octanol–water partition coefficient (Wildman–Crippen LogP) is 3.18. The Morgan fingerprint density at radius 2 is 2.19 bits per heavy atom. The first-order valence-electron chi connectivity index (χ1n) is 4.77. The van der Waals surface area contributed by atoms with Gasteiger partial charge in [-0.2, -0.15) is 0 Å². The van der Waals surface area contributed by atoms with Crippen LogP contribution in [0.1, 0.15) is 5.56 Å². The molecule has 0 fully saturated rings. The Morgan fingerprint density at radius 3 is 2.75 bits per heavy atom. The van der Waals surface area contributed by atoms with Crippen molar-refractivity contribution in [1.29, 1.82) is 0 Å². The molecule has 0 aliphatic heterocycles. The average Bonchev–Trinajstić information content (AvgIpc) is 2.25. The largest absolute Gasteiger partial charge is 0.496 e. The smallest absolute Gasteiger partial charge is 0.316 e. The van der Waals surface area contributed by atoms with Crippen LogP contribution in [0.4, 0.5) is 4.79 Å². The second kappa shape index (κ2) is 5.97. The summed E-state index contributed by atoms with van der Waals surface area (Å²) in [6, 6.07) is 5.40. The lowest BCUT2D eigenvalue weighted by atomic mass is 10.1. The molecule has 0 aliphatic rings. The van der Waals surface area contributed by atoms with E-state index in [1.165, 1.54) is 4.90 Å². The van der Waals surface area contributed by atoms with Crippen LogP contribution >= 0.6 is 23.2 Å². The van der Waals surface area contributed by atoms with Gasteiger partial charge in [-0.3, -0.25) is 4.79 Å². The van der Waals surface area contributed by atoms with Crippen molar-refractivity contribution in [3.63, 3.8) is 0 Å². The number of likely N-dealkylation sites (N-methyl/N-ethyl adjacent to an activating group) is 1. The van der Waals surface area contributed by atoms with Gasteiger partial charge in [-0.25, -0.2) is 0 Å². The van der Waals surface area contributed by atoms with E-state index in [2.05, 4.69) is 0 Å². The summed E-state index contributed by atoms with van der Waals surface area (Å²) in [5, 5.41) is 0.177. The van der Waals surface area contributed by atoms with E-state index in [0.717, 1.165) is 11.3 Å². The van der Waals surface area contributed by atoms with Crippen molar-refractivity contribution in [1.82, 2.24) is 4.90 Å². The summed E-state index contributed by atoms with van der Waals surface area (Å²) in [5.74, 6) is 0.764. The lowest BCUT2D eigenvalue weighted by Gasteiger charge is -2.14. The van der Waals surface area contributed by atoms with Gasteiger partial charge in [0.1, 0.15) is 5.75 Å². The third-order valence-electron chi connectivity index (χ3n) is 2.26. The molecule has 0 saturated heterocycles. The molecule has 1 aromatic carbocycles. The number of carbonyl (C=O) groups is 1. The summed E-state index contributed by atoms with van der Waals surface area (Å²) in [6.45, 7) is 0.527. The summed E-state index contributed by atoms with van der Waals surface area (Å²) >= 11 is 11.2. The second-order valence-electron chi connectivity index (χ2n) is 3.38. The summed E-state index contributed by atoms with van der Waals surface area (Å²) in [6.07, 6.45) is 0.651. The zero-order valence-electron chi connectivity index (χ0n) is 9.17. The molecule has 0 aliphatic carbocycles. The van der Waals surface area contributed by atoms with Crippen LogP contribution < -0.4 is 4.74 Å². The van der Waals surface area contributed by atoms with E-state index in [9.17, 15) is 4.79 Å². The van der Waals surface area contributed by atoms with E-state index in [1.54, 1.807) is 26.3 Å². The minimum Gasteiger partial charge on any atom is -0.496 e. The van der Waals surface area contributed by atoms with Gasteiger partial charge in [0.2, 0.25) is 0 Å². The van der Waals surface area contributed by atoms with Gasteiger partial charge in [-0.05, 0) is 41.8 Å². The summed E-state index contributed by atoms with van der Waals surface area (Å²) < 4.78 is 5.20. The third kappa shape index (κ3) is 3.58. The fraction of sp³-hybridized carbons (Fsp3) is 0.364. The first-order valence-corrected chi connectivity index (χ1v) is 5.53. The molecule has 0 aromatic heterocycles. The van der Waals surface area contributed by atoms with Crippen molar-refractivity contribution in [2.24, 2.45) is 0 Å². The van der Waals surface area contributed by atoms with Gasteiger partial charge < -0.3 is 9.64 Å². The lowest BCUT2D eigenvalue weighted by molar-refractivity contribution is 0.232. The molecule has 0 atom stereocenters. The van der Waals surface area contributed by atoms with Gasteiger partial charge in [-0.15, -0.1) is 0 Å². The van der Waals surface area contributed by atoms with Crippen LogP contribution in [-0.4, -0.2) is 31.0 Å². The highest BCUT2D eigenvalue weighted by Gasteiger charge is 2.08. The maximum Gasteiger partial charge on any atom is 0.316 e. The van der Waals surface area contributed by atoms with Crippen LogP contribution in [0.15, 0.2) is 18.2 Å². The van der Waals surface area contributed by atoms with Gasteiger partial charge >= 0.3 is 5.37 Å². The highest BCUT2D eigenvalue weighted by Crippen LogP contribution is 2.23. The molecule has 0 spiro atoms. The number of benzene rings is 1. The van der Waals surface area contributed by atoms with Gasteiger partial charge in [0, 0.05) is 18.6 Å². The molecule has 0 N–H and O–H groups in total. The second-order valence-corrected chi connectivity index (χ2v) is 4.14. The van der Waals surface area contributed by atoms with Gasteiger partial charge in [0.15, 0.2) is 0 Å². The number of methoxy groups -OCH3 is 1. The Kier molecular flexibility index (Phi) is 4.90. The number of ether oxygens (including phenoxy) is 1. The first kappa shape index (κ1) is 13.1. The topological polar surface area (TPSA) is 29.5 Å². The molecule has 3 nitrogen and oxygen atoms in total. The molecule has 0 heterocycles. The van der Waals surface area contributed by atoms with Crippen molar-refractivity contribution in [2.75, 3.05) is 20.7 Å². The highest BCUT2D eigenvalue weighted by atomic mass is 35.5. The molecule has 1 rings (SSSR count). The molecular formula is C11H13Cl2NO2. The van der Waals surface area contributed by atoms with Crippen LogP contribution in [0.2, 0.25) is 5.02 Å². The number of hydrogen-bond donors (Lipinski definition) is 0. The van der Waals surface area contributed by atoms with Crippen LogP contribution in [0.5, 0.6) is 5.75 Å². The van der Waals surface area contributed by atoms with E-state index >= 15 is 0 Å². The van der Waals surface area contributed by atoms with Crippen LogP contribution in [-0.2, 0) is 6.42 Å². The van der Waals surface area contributed by atoms with Crippen LogP contribution in [0, 0.1) is 0 Å². The van der Waals surface area contributed by atoms with Crippen LogP contribution in [0.25, 0.3) is 0 Å². The quantitative estimate of drug-likeness (QED) is 0.616. The van der Waals surface area contributed by atoms with Crippen molar-refractivity contribution in [2.45, 2.75) is 6.42 Å². The molecule has 5 heteroatoms. The van der Waals surface area contributed by atoms with Crippen molar-refractivity contribution in [3.05, 3.63) is 28.8 Å². The number of amides is 1. The maximum atomic E-state index is 10.8. The zero-order chi connectivity index (χ0) is 12.1. The Labute approximate surface area is 105 Å². The molecule has 16 heavy (non-hydrogen) atoms. The summed E-state index contributed by atoms with van der Waals surface area (Å²) in [7, 11) is 3.25. The number of hydrogen-bond acceptors (Lipinski definition) is 2. The minimum absolute atomic E-state index is 0.471. The van der Waals surface area contributed by atoms with E-state index in [-0.39, 0.29) is 0 Å². The van der Waals surface area contributed by atoms with Crippen molar-refractivity contribution in [3.8, 4) is 5.75 Å². The standard InChI is InChI=1S/C11H13Cl2NO2/c1-14(11(13)15)6-5-8-7-9(12)3-4-10(8)16-2/h3-4,7H,5-6H2,1-2H3. The lowest BCUT2D eigenvalue weighted by Crippen LogP contribution is -2.23. The normalized spacial score (nSPS) is 10.0. The summed E-state index contributed by atoms with van der Waals surface area (Å²) in [5.41, 5.74) is 0.958. The molecule has 0 unspecified atom stereocenters. The van der Waals surface area contributed by atoms with Gasteiger partial charge in [0.05, 0.1) is 7.11 Å². The highest BCUT2D eigenvalue weighted by molar-refractivity contribution is 6.62. The average molecular weight is 262 g/mol. The van der Waals surface area contributed by atoms with Crippen LogP contribution in [0.3, 0.4) is 0 Å². The SMILES string of the molecule is COc1ccc(Cl)cc1CCN(C)C(=O)Cl. The molecule has 88 valence electrons. The Balaban J connectivity index is 2.72. The molecule has 0 saturated carbocycles. The fourth-order valence-electron chi connectivity index (χ4n) is 1.32. The van der Waals surface area contributed by atoms with Gasteiger partial charge in [-0.1, -0.05) is 11.6 Å². The number of nitrogens with zero attached hydrogens (tertiary/aromatic N) is 1. The predicted molar refractivity (Wildman–Crippen MR) is 65.6 cm³/mol. The van der Waals surface area contributed by atoms with Gasteiger partial charge in [0.25, 0.3) is 0 Å². The molecule has 1 amide bonds. The molecule has 1 aromatic rings. The van der Waals surface area contributed by atoms with E-state index in [0.29, 0.717) is 18.0 Å². The van der Waals surface area contributed by atoms with E-state index < -0.39 is 5.37 Å². The monoisotopic (exact) mass is 261 g/mol. The number of carbonyl (C=O) groups excluding carboxylic acids is 1. The molecule has 0 radical (unpaired) electrons. The third-order valence-corrected chi connectivity index (χ3v) is 2.78. The maximum absolute atomic E-state index is 10.8. The Bertz CT molecular complexity index is 382. The Hall–Kier alpha value is -0.930.